The summed E-state index contributed by atoms with van der Waals surface area (Å²) in [5, 5.41) is 10.2. The fourth-order valence-corrected chi connectivity index (χ4v) is 4.65. The third kappa shape index (κ3) is 6.86. The summed E-state index contributed by atoms with van der Waals surface area (Å²) in [6.07, 6.45) is 9.25. The summed E-state index contributed by atoms with van der Waals surface area (Å²) < 4.78 is 5.77. The van der Waals surface area contributed by atoms with E-state index >= 15 is 0 Å². The maximum Gasteiger partial charge on any atom is 0.323 e. The number of halogens is 1. The molecule has 196 valence electrons. The first-order valence-electron chi connectivity index (χ1n) is 12.2. The summed E-state index contributed by atoms with van der Waals surface area (Å²) in [6, 6.07) is 16.3. The molecule has 0 radical (unpaired) electrons. The lowest BCUT2D eigenvalue weighted by atomic mass is 10.1. The van der Waals surface area contributed by atoms with Crippen LogP contribution in [0.25, 0.3) is 21.6 Å². The number of urea groups is 1. The average molecular weight is 558 g/mol. The molecule has 0 aliphatic carbocycles. The number of nitrogens with zero attached hydrogens (tertiary/aromatic N) is 4. The van der Waals surface area contributed by atoms with Crippen molar-refractivity contribution in [1.82, 2.24) is 19.9 Å². The summed E-state index contributed by atoms with van der Waals surface area (Å²) in [6.45, 7) is 3.01. The molecule has 0 spiro atoms. The van der Waals surface area contributed by atoms with Crippen LogP contribution in [0.5, 0.6) is 11.8 Å². The first-order valence-corrected chi connectivity index (χ1v) is 13.3. The number of ether oxygens (including phenoxy) is 1. The van der Waals surface area contributed by atoms with Crippen molar-refractivity contribution in [1.29, 1.82) is 0 Å². The molecule has 0 saturated heterocycles. The quantitative estimate of drug-likeness (QED) is 0.171. The van der Waals surface area contributed by atoms with E-state index in [-0.39, 0.29) is 6.01 Å². The molecule has 3 heterocycles. The number of nitrogens with one attached hydrogen (secondary N) is 3. The zero-order valence-electron chi connectivity index (χ0n) is 20.9. The smallest absolute Gasteiger partial charge is 0.323 e. The van der Waals surface area contributed by atoms with Crippen LogP contribution >= 0.6 is 22.9 Å². The van der Waals surface area contributed by atoms with Crippen molar-refractivity contribution in [2.45, 2.75) is 13.3 Å². The van der Waals surface area contributed by atoms with Crippen LogP contribution in [0.3, 0.4) is 0 Å². The highest BCUT2D eigenvalue weighted by molar-refractivity contribution is 7.18. The Morgan fingerprint density at radius 2 is 1.77 bits per heavy atom. The summed E-state index contributed by atoms with van der Waals surface area (Å²) in [7, 11) is 0. The second kappa shape index (κ2) is 12.3. The van der Waals surface area contributed by atoms with E-state index in [1.54, 1.807) is 35.9 Å². The van der Waals surface area contributed by atoms with Gasteiger partial charge in [-0.05, 0) is 54.4 Å². The molecule has 11 heteroatoms. The minimum Gasteiger partial charge on any atom is -0.424 e. The monoisotopic (exact) mass is 557 g/mol. The topological polar surface area (TPSA) is 114 Å². The lowest BCUT2D eigenvalue weighted by Gasteiger charge is -2.12. The van der Waals surface area contributed by atoms with Gasteiger partial charge in [-0.25, -0.2) is 19.7 Å². The Morgan fingerprint density at radius 1 is 0.949 bits per heavy atom. The Kier molecular flexibility index (Phi) is 8.25. The minimum atomic E-state index is -0.466. The van der Waals surface area contributed by atoms with Gasteiger partial charge in [-0.1, -0.05) is 42.0 Å². The molecular formula is C28H24ClN7O2S. The predicted octanol–water partition coefficient (Wildman–Crippen LogP) is 7.57. The van der Waals surface area contributed by atoms with Gasteiger partial charge in [0.25, 0.3) is 0 Å². The van der Waals surface area contributed by atoms with E-state index in [2.05, 4.69) is 42.8 Å². The Labute approximate surface area is 234 Å². The molecule has 0 fully saturated rings. The van der Waals surface area contributed by atoms with Crippen molar-refractivity contribution < 1.29 is 9.53 Å². The standard InChI is InChI=1S/C28H24ClN7O2S/c1-2-11-31-28-34-17-25(39-28)18-5-8-22(9-6-18)38-27-32-15-21(16-33-27)35-26(37)36-24-13-20(29)7-10-23(24)19-4-3-12-30-14-19/h3-10,12-17H,2,11H2,1H3,(H,31,34)(H2,35,36,37). The normalized spacial score (nSPS) is 10.6. The number of thiazole rings is 1. The van der Waals surface area contributed by atoms with Gasteiger partial charge >= 0.3 is 12.0 Å². The Morgan fingerprint density at radius 3 is 2.51 bits per heavy atom. The fraction of sp³-hybridized carbons (Fsp3) is 0.107. The van der Waals surface area contributed by atoms with Crippen LogP contribution in [0.4, 0.5) is 21.3 Å². The molecule has 5 rings (SSSR count). The minimum absolute atomic E-state index is 0.159. The number of amides is 2. The third-order valence-corrected chi connectivity index (χ3v) is 6.71. The second-order valence-corrected chi connectivity index (χ2v) is 9.82. The molecule has 0 aliphatic rings. The highest BCUT2D eigenvalue weighted by Gasteiger charge is 2.11. The van der Waals surface area contributed by atoms with E-state index in [1.165, 1.54) is 12.4 Å². The molecule has 5 aromatic rings. The van der Waals surface area contributed by atoms with E-state index in [9.17, 15) is 4.79 Å². The molecule has 0 saturated carbocycles. The van der Waals surface area contributed by atoms with Gasteiger partial charge in [-0.2, -0.15) is 0 Å². The van der Waals surface area contributed by atoms with Crippen molar-refractivity contribution in [3.8, 4) is 33.3 Å². The number of anilines is 3. The molecule has 0 atom stereocenters. The lowest BCUT2D eigenvalue weighted by Crippen LogP contribution is -2.20. The van der Waals surface area contributed by atoms with E-state index in [0.29, 0.717) is 22.1 Å². The maximum absolute atomic E-state index is 12.7. The summed E-state index contributed by atoms with van der Waals surface area (Å²) >= 11 is 7.77. The van der Waals surface area contributed by atoms with Gasteiger partial charge in [-0.15, -0.1) is 0 Å². The number of carbonyl (C=O) groups is 1. The number of aromatic nitrogens is 4. The number of hydrogen-bond acceptors (Lipinski definition) is 8. The summed E-state index contributed by atoms with van der Waals surface area (Å²) in [5.41, 5.74) is 3.63. The lowest BCUT2D eigenvalue weighted by molar-refractivity contribution is 0.262. The van der Waals surface area contributed by atoms with Crippen LogP contribution in [0.1, 0.15) is 13.3 Å². The number of rotatable bonds is 9. The van der Waals surface area contributed by atoms with Crippen LogP contribution < -0.4 is 20.7 Å². The van der Waals surface area contributed by atoms with Crippen molar-refractivity contribution in [3.05, 3.63) is 90.6 Å². The molecule has 2 aromatic carbocycles. The highest BCUT2D eigenvalue weighted by Crippen LogP contribution is 2.32. The molecule has 9 nitrogen and oxygen atoms in total. The van der Waals surface area contributed by atoms with Crippen molar-refractivity contribution in [2.24, 2.45) is 0 Å². The SMILES string of the molecule is CCCNc1ncc(-c2ccc(Oc3ncc(NC(=O)Nc4cc(Cl)ccc4-c4cccnc4)cn3)cc2)s1. The van der Waals surface area contributed by atoms with Crippen LogP contribution in [0.15, 0.2) is 85.6 Å². The number of carbonyl (C=O) groups excluding carboxylic acids is 1. The zero-order chi connectivity index (χ0) is 27.0. The van der Waals surface area contributed by atoms with E-state index in [1.807, 2.05) is 48.7 Å². The van der Waals surface area contributed by atoms with Gasteiger partial charge in [-0.3, -0.25) is 4.98 Å². The van der Waals surface area contributed by atoms with E-state index < -0.39 is 6.03 Å². The van der Waals surface area contributed by atoms with Gasteiger partial charge < -0.3 is 20.7 Å². The van der Waals surface area contributed by atoms with Gasteiger partial charge in [0.15, 0.2) is 5.13 Å². The van der Waals surface area contributed by atoms with Gasteiger partial charge in [0.2, 0.25) is 0 Å². The largest absolute Gasteiger partial charge is 0.424 e. The molecule has 0 bridgehead atoms. The molecular weight excluding hydrogens is 534 g/mol. The van der Waals surface area contributed by atoms with E-state index in [4.69, 9.17) is 16.3 Å². The highest BCUT2D eigenvalue weighted by atomic mass is 35.5. The first kappa shape index (κ1) is 26.1. The number of benzene rings is 2. The fourth-order valence-electron chi connectivity index (χ4n) is 3.63. The molecule has 39 heavy (non-hydrogen) atoms. The zero-order valence-corrected chi connectivity index (χ0v) is 22.5. The molecule has 3 aromatic heterocycles. The average Bonchev–Trinajstić information content (AvgIpc) is 3.43. The van der Waals surface area contributed by atoms with Gasteiger partial charge in [0.05, 0.1) is 28.6 Å². The Hall–Kier alpha value is -4.54. The third-order valence-electron chi connectivity index (χ3n) is 5.47. The second-order valence-electron chi connectivity index (χ2n) is 8.35. The first-order chi connectivity index (χ1) is 19.1. The van der Waals surface area contributed by atoms with Gasteiger partial charge in [0, 0.05) is 41.3 Å². The van der Waals surface area contributed by atoms with Crippen LogP contribution in [-0.4, -0.2) is 32.5 Å². The van der Waals surface area contributed by atoms with Crippen LogP contribution in [0.2, 0.25) is 5.02 Å². The Bertz CT molecular complexity index is 1550. The van der Waals surface area contributed by atoms with Crippen molar-refractivity contribution in [2.75, 3.05) is 22.5 Å². The van der Waals surface area contributed by atoms with Crippen molar-refractivity contribution >= 4 is 45.5 Å². The molecule has 0 unspecified atom stereocenters. The summed E-state index contributed by atoms with van der Waals surface area (Å²) in [5.74, 6) is 0.593. The molecule has 3 N–H and O–H groups in total. The van der Waals surface area contributed by atoms with Crippen LogP contribution in [-0.2, 0) is 0 Å². The summed E-state index contributed by atoms with van der Waals surface area (Å²) in [4.78, 5) is 30.7. The molecule has 2 amide bonds. The van der Waals surface area contributed by atoms with E-state index in [0.717, 1.165) is 39.7 Å². The predicted molar refractivity (Wildman–Crippen MR) is 156 cm³/mol. The van der Waals surface area contributed by atoms with Gasteiger partial charge in [0.1, 0.15) is 5.75 Å². The number of pyridine rings is 1. The van der Waals surface area contributed by atoms with Crippen molar-refractivity contribution in [3.63, 3.8) is 0 Å². The maximum atomic E-state index is 12.7. The number of hydrogen-bond donors (Lipinski definition) is 3. The molecule has 0 aliphatic heterocycles. The Balaban J connectivity index is 1.19. The van der Waals surface area contributed by atoms with Crippen LogP contribution in [0, 0.1) is 0 Å².